The Balaban J connectivity index is 2.94. The van der Waals surface area contributed by atoms with Gasteiger partial charge in [-0.2, -0.15) is 0 Å². The largest absolute Gasteiger partial charge is 0.443 e. The number of hydrogen-bond acceptors (Lipinski definition) is 2. The Hall–Kier alpha value is -1.69. The van der Waals surface area contributed by atoms with Gasteiger partial charge in [0, 0.05) is 23.9 Å². The van der Waals surface area contributed by atoms with Gasteiger partial charge >= 0.3 is 6.09 Å². The van der Waals surface area contributed by atoms with E-state index >= 15 is 0 Å². The molecule has 0 saturated carbocycles. The van der Waals surface area contributed by atoms with E-state index in [2.05, 4.69) is 25.7 Å². The lowest BCUT2D eigenvalue weighted by Crippen LogP contribution is -2.27. The van der Waals surface area contributed by atoms with E-state index in [1.54, 1.807) is 10.8 Å². The van der Waals surface area contributed by atoms with E-state index in [0.29, 0.717) is 0 Å². The minimum Gasteiger partial charge on any atom is -0.443 e. The molecular weight excluding hydrogens is 274 g/mol. The summed E-state index contributed by atoms with van der Waals surface area (Å²) in [6.45, 7) is 9.94. The van der Waals surface area contributed by atoms with Gasteiger partial charge in [0.15, 0.2) is 0 Å². The van der Waals surface area contributed by atoms with Crippen LogP contribution in [-0.2, 0) is 11.2 Å². The Bertz CT molecular complexity index is 538. The second-order valence-corrected chi connectivity index (χ2v) is 6.58. The van der Waals surface area contributed by atoms with Gasteiger partial charge in [-0.1, -0.05) is 38.5 Å². The predicted molar refractivity (Wildman–Crippen MR) is 91.1 cm³/mol. The molecule has 1 rings (SSSR count). The number of hydrogen-bond donors (Lipinski definition) is 0. The third-order valence-corrected chi connectivity index (χ3v) is 3.16. The van der Waals surface area contributed by atoms with Crippen molar-refractivity contribution in [3.05, 3.63) is 23.5 Å². The minimum absolute atomic E-state index is 0.319. The van der Waals surface area contributed by atoms with Crippen molar-refractivity contribution in [3.8, 4) is 11.8 Å². The van der Waals surface area contributed by atoms with Gasteiger partial charge in [-0.3, -0.25) is 4.57 Å². The van der Waals surface area contributed by atoms with Crippen LogP contribution in [0.1, 0.15) is 78.0 Å². The zero-order chi connectivity index (χ0) is 16.6. The van der Waals surface area contributed by atoms with Crippen LogP contribution in [0.3, 0.4) is 0 Å². The van der Waals surface area contributed by atoms with Crippen LogP contribution < -0.4 is 0 Å². The third-order valence-electron chi connectivity index (χ3n) is 3.16. The van der Waals surface area contributed by atoms with Crippen molar-refractivity contribution in [2.45, 2.75) is 78.7 Å². The number of nitrogens with zero attached hydrogens (tertiary/aromatic N) is 1. The Morgan fingerprint density at radius 2 is 1.91 bits per heavy atom. The van der Waals surface area contributed by atoms with Gasteiger partial charge < -0.3 is 4.74 Å². The first-order chi connectivity index (χ1) is 10.4. The first-order valence-electron chi connectivity index (χ1n) is 8.31. The fourth-order valence-electron chi connectivity index (χ4n) is 2.04. The second kappa shape index (κ2) is 8.68. The molecule has 0 aliphatic heterocycles. The Labute approximate surface area is 135 Å². The number of aryl methyl sites for hydroxylation is 1. The van der Waals surface area contributed by atoms with Crippen molar-refractivity contribution >= 4 is 6.09 Å². The van der Waals surface area contributed by atoms with E-state index in [1.165, 1.54) is 0 Å². The van der Waals surface area contributed by atoms with E-state index in [0.717, 1.165) is 49.8 Å². The molecule has 0 radical (unpaired) electrons. The number of rotatable bonds is 5. The van der Waals surface area contributed by atoms with Gasteiger partial charge in [-0.15, -0.1) is 0 Å². The van der Waals surface area contributed by atoms with Crippen LogP contribution in [0.5, 0.6) is 0 Å². The van der Waals surface area contributed by atoms with Gasteiger partial charge in [0.25, 0.3) is 0 Å². The highest BCUT2D eigenvalue weighted by Gasteiger charge is 2.20. The average molecular weight is 303 g/mol. The zero-order valence-electron chi connectivity index (χ0n) is 14.7. The van der Waals surface area contributed by atoms with E-state index < -0.39 is 5.60 Å². The molecule has 0 bridgehead atoms. The summed E-state index contributed by atoms with van der Waals surface area (Å²) in [7, 11) is 0. The van der Waals surface area contributed by atoms with Crippen LogP contribution >= 0.6 is 0 Å². The molecule has 3 heteroatoms. The van der Waals surface area contributed by atoms with Gasteiger partial charge in [-0.25, -0.2) is 4.79 Å². The molecule has 0 aliphatic rings. The fraction of sp³-hybridized carbons (Fsp3) is 0.632. The molecule has 22 heavy (non-hydrogen) atoms. The Kier molecular flexibility index (Phi) is 7.24. The first kappa shape index (κ1) is 18.4. The van der Waals surface area contributed by atoms with E-state index in [9.17, 15) is 4.79 Å². The summed E-state index contributed by atoms with van der Waals surface area (Å²) in [5.74, 6) is 6.33. The van der Waals surface area contributed by atoms with Crippen molar-refractivity contribution in [2.75, 3.05) is 0 Å². The molecule has 0 atom stereocenters. The summed E-state index contributed by atoms with van der Waals surface area (Å²) in [6, 6.07) is 2.01. The van der Waals surface area contributed by atoms with Crippen molar-refractivity contribution in [1.29, 1.82) is 0 Å². The molecule has 1 aromatic rings. The molecular formula is C19H29NO2. The molecule has 122 valence electrons. The molecule has 0 saturated heterocycles. The lowest BCUT2D eigenvalue weighted by atomic mass is 10.2. The quantitative estimate of drug-likeness (QED) is 0.556. The predicted octanol–water partition coefficient (Wildman–Crippen LogP) is 5.16. The van der Waals surface area contributed by atoms with E-state index in [-0.39, 0.29) is 6.09 Å². The first-order valence-corrected chi connectivity index (χ1v) is 8.31. The number of carbonyl (C=O) groups is 1. The summed E-state index contributed by atoms with van der Waals surface area (Å²) >= 11 is 0. The summed E-state index contributed by atoms with van der Waals surface area (Å²) < 4.78 is 7.09. The molecule has 1 heterocycles. The van der Waals surface area contributed by atoms with E-state index in [1.807, 2.05) is 26.8 Å². The van der Waals surface area contributed by atoms with Crippen LogP contribution in [0.25, 0.3) is 0 Å². The molecule has 1 aromatic heterocycles. The molecule has 0 unspecified atom stereocenters. The van der Waals surface area contributed by atoms with Crippen molar-refractivity contribution in [1.82, 2.24) is 4.57 Å². The lowest BCUT2D eigenvalue weighted by Gasteiger charge is -2.20. The summed E-state index contributed by atoms with van der Waals surface area (Å²) in [4.78, 5) is 12.3. The maximum Gasteiger partial charge on any atom is 0.418 e. The highest BCUT2D eigenvalue weighted by molar-refractivity contribution is 5.73. The number of unbranched alkanes of at least 4 members (excludes halogenated alkanes) is 3. The molecule has 0 aliphatic carbocycles. The second-order valence-electron chi connectivity index (χ2n) is 6.58. The van der Waals surface area contributed by atoms with Gasteiger partial charge in [0.1, 0.15) is 5.60 Å². The van der Waals surface area contributed by atoms with Crippen LogP contribution in [0, 0.1) is 11.8 Å². The maximum atomic E-state index is 12.3. The molecule has 0 spiro atoms. The van der Waals surface area contributed by atoms with Crippen LogP contribution in [0.2, 0.25) is 0 Å². The topological polar surface area (TPSA) is 31.2 Å². The molecule has 0 amide bonds. The van der Waals surface area contributed by atoms with Crippen molar-refractivity contribution in [3.63, 3.8) is 0 Å². The SMILES string of the molecule is CCCCC#Cc1cc(CCCC)n(C(=O)OC(C)(C)C)c1. The van der Waals surface area contributed by atoms with Crippen molar-refractivity contribution in [2.24, 2.45) is 0 Å². The average Bonchev–Trinajstić information content (AvgIpc) is 2.83. The smallest absolute Gasteiger partial charge is 0.418 e. The fourth-order valence-corrected chi connectivity index (χ4v) is 2.04. The van der Waals surface area contributed by atoms with Gasteiger partial charge in [0.05, 0.1) is 0 Å². The maximum absolute atomic E-state index is 12.3. The normalized spacial score (nSPS) is 11.0. The number of ether oxygens (including phenoxy) is 1. The third kappa shape index (κ3) is 6.39. The van der Waals surface area contributed by atoms with Crippen LogP contribution in [0.15, 0.2) is 12.3 Å². The Morgan fingerprint density at radius 3 is 2.50 bits per heavy atom. The molecule has 3 nitrogen and oxygen atoms in total. The zero-order valence-corrected chi connectivity index (χ0v) is 14.7. The molecule has 0 fully saturated rings. The van der Waals surface area contributed by atoms with Gasteiger partial charge in [-0.05, 0) is 46.1 Å². The monoisotopic (exact) mass is 303 g/mol. The lowest BCUT2D eigenvalue weighted by molar-refractivity contribution is 0.0533. The number of aromatic nitrogens is 1. The van der Waals surface area contributed by atoms with Crippen LogP contribution in [-0.4, -0.2) is 16.3 Å². The minimum atomic E-state index is -0.490. The number of carbonyl (C=O) groups excluding carboxylic acids is 1. The molecule has 0 aromatic carbocycles. The summed E-state index contributed by atoms with van der Waals surface area (Å²) in [6.07, 6.45) is 7.66. The van der Waals surface area contributed by atoms with E-state index in [4.69, 9.17) is 4.74 Å². The standard InChI is InChI=1S/C19H29NO2/c1-6-8-10-11-12-16-14-17(13-9-7-2)20(15-16)18(21)22-19(3,4)5/h14-15H,6-10,13H2,1-5H3. The van der Waals surface area contributed by atoms with Crippen molar-refractivity contribution < 1.29 is 9.53 Å². The van der Waals surface area contributed by atoms with Crippen LogP contribution in [0.4, 0.5) is 4.79 Å². The Morgan fingerprint density at radius 1 is 1.23 bits per heavy atom. The summed E-state index contributed by atoms with van der Waals surface area (Å²) in [5.41, 5.74) is 1.39. The highest BCUT2D eigenvalue weighted by atomic mass is 16.6. The summed E-state index contributed by atoms with van der Waals surface area (Å²) in [5, 5.41) is 0. The molecule has 0 N–H and O–H groups in total. The highest BCUT2D eigenvalue weighted by Crippen LogP contribution is 2.15. The van der Waals surface area contributed by atoms with Gasteiger partial charge in [0.2, 0.25) is 0 Å².